The van der Waals surface area contributed by atoms with Gasteiger partial charge in [0, 0.05) is 11.3 Å². The summed E-state index contributed by atoms with van der Waals surface area (Å²) in [5, 5.41) is 11.5. The fraction of sp³-hybridized carbons (Fsp3) is 0.214. The molecule has 0 aliphatic carbocycles. The summed E-state index contributed by atoms with van der Waals surface area (Å²) in [7, 11) is 1.27. The Hall–Kier alpha value is -2.58. The van der Waals surface area contributed by atoms with Crippen LogP contribution in [-0.4, -0.2) is 34.2 Å². The molecular weight excluding hydrogens is 324 g/mol. The van der Waals surface area contributed by atoms with Gasteiger partial charge in [-0.15, -0.1) is 0 Å². The fourth-order valence-corrected chi connectivity index (χ4v) is 2.15. The highest BCUT2D eigenvalue weighted by atomic mass is 35.5. The second-order valence-electron chi connectivity index (χ2n) is 4.68. The lowest BCUT2D eigenvalue weighted by atomic mass is 10.1. The Morgan fingerprint density at radius 2 is 2.09 bits per heavy atom. The summed E-state index contributed by atoms with van der Waals surface area (Å²) in [6, 6.07) is 5.96. The molecule has 0 saturated carbocycles. The maximum Gasteiger partial charge on any atom is 0.411 e. The van der Waals surface area contributed by atoms with Gasteiger partial charge in [-0.05, 0) is 12.1 Å². The lowest BCUT2D eigenvalue weighted by Gasteiger charge is -2.05. The smallest absolute Gasteiger partial charge is 0.411 e. The monoisotopic (exact) mass is 338 g/mol. The molecule has 1 aromatic carbocycles. The highest BCUT2D eigenvalue weighted by molar-refractivity contribution is 6.31. The van der Waals surface area contributed by atoms with E-state index in [9.17, 15) is 9.59 Å². The first kappa shape index (κ1) is 16.8. The van der Waals surface area contributed by atoms with Crippen LogP contribution in [0.5, 0.6) is 0 Å². The lowest BCUT2D eigenvalue weighted by Crippen LogP contribution is -2.16. The number of nitrogens with one attached hydrogen (secondary N) is 2. The molecule has 9 heteroatoms. The zero-order valence-corrected chi connectivity index (χ0v) is 12.9. The minimum atomic E-state index is -1.02. The first-order valence-electron chi connectivity index (χ1n) is 6.59. The molecule has 0 radical (unpaired) electrons. The van der Waals surface area contributed by atoms with Gasteiger partial charge in [-0.1, -0.05) is 23.7 Å². The minimum Gasteiger partial charge on any atom is -0.481 e. The molecule has 0 saturated heterocycles. The van der Waals surface area contributed by atoms with Crippen LogP contribution in [0.1, 0.15) is 18.3 Å². The van der Waals surface area contributed by atoms with Crippen molar-refractivity contribution in [2.75, 3.05) is 12.4 Å². The maximum atomic E-state index is 11.1. The summed E-state index contributed by atoms with van der Waals surface area (Å²) in [6.45, 7) is 0. The Labute approximate surface area is 136 Å². The standard InChI is InChI=1S/C14H15ClN4O4/c1-23-14(22)17-8-4-2-7(3-5-8)11-12(15)19-13(18-11)9(16)6-10(20)21/h2-5,9H,6,16H2,1H3,(H,17,22)(H,18,19)(H,20,21). The van der Waals surface area contributed by atoms with E-state index < -0.39 is 18.1 Å². The van der Waals surface area contributed by atoms with E-state index in [1.807, 2.05) is 0 Å². The van der Waals surface area contributed by atoms with E-state index in [0.717, 1.165) is 0 Å². The van der Waals surface area contributed by atoms with Crippen LogP contribution in [-0.2, 0) is 9.53 Å². The third-order valence-corrected chi connectivity index (χ3v) is 3.29. The summed E-state index contributed by atoms with van der Waals surface area (Å²) in [6.07, 6.45) is -0.830. The zero-order chi connectivity index (χ0) is 17.0. The molecule has 1 atom stereocenters. The largest absolute Gasteiger partial charge is 0.481 e. The molecule has 1 amide bonds. The normalized spacial score (nSPS) is 11.8. The van der Waals surface area contributed by atoms with Crippen LogP contribution < -0.4 is 11.1 Å². The summed E-state index contributed by atoms with van der Waals surface area (Å²) in [5.41, 5.74) is 7.45. The molecule has 0 bridgehead atoms. The molecule has 1 heterocycles. The number of halogens is 1. The number of aliphatic carboxylic acids is 1. The predicted molar refractivity (Wildman–Crippen MR) is 84.2 cm³/mol. The van der Waals surface area contributed by atoms with Crippen LogP contribution in [0.15, 0.2) is 24.3 Å². The SMILES string of the molecule is COC(=O)Nc1ccc(-c2nc(C(N)CC(=O)O)[nH]c2Cl)cc1. The molecule has 122 valence electrons. The number of hydrogen-bond donors (Lipinski definition) is 4. The van der Waals surface area contributed by atoms with Gasteiger partial charge in [0.15, 0.2) is 0 Å². The highest BCUT2D eigenvalue weighted by Crippen LogP contribution is 2.28. The van der Waals surface area contributed by atoms with Crippen molar-refractivity contribution >= 4 is 29.4 Å². The van der Waals surface area contributed by atoms with Crippen molar-refractivity contribution in [3.8, 4) is 11.3 Å². The lowest BCUT2D eigenvalue weighted by molar-refractivity contribution is -0.137. The molecule has 2 aromatic rings. The van der Waals surface area contributed by atoms with Crippen molar-refractivity contribution in [3.63, 3.8) is 0 Å². The summed E-state index contributed by atoms with van der Waals surface area (Å²) < 4.78 is 4.50. The number of carbonyl (C=O) groups excluding carboxylic acids is 1. The number of ether oxygens (including phenoxy) is 1. The topological polar surface area (TPSA) is 130 Å². The van der Waals surface area contributed by atoms with Crippen LogP contribution in [0.3, 0.4) is 0 Å². The van der Waals surface area contributed by atoms with Crippen molar-refractivity contribution in [3.05, 3.63) is 35.2 Å². The number of carboxylic acid groups (broad SMARTS) is 1. The maximum absolute atomic E-state index is 11.1. The average molecular weight is 339 g/mol. The van der Waals surface area contributed by atoms with E-state index in [-0.39, 0.29) is 11.6 Å². The Balaban J connectivity index is 2.20. The second-order valence-corrected chi connectivity index (χ2v) is 5.06. The molecule has 5 N–H and O–H groups in total. The van der Waals surface area contributed by atoms with E-state index in [0.29, 0.717) is 22.8 Å². The van der Waals surface area contributed by atoms with Gasteiger partial charge in [0.25, 0.3) is 0 Å². The highest BCUT2D eigenvalue weighted by Gasteiger charge is 2.18. The van der Waals surface area contributed by atoms with Crippen molar-refractivity contribution in [2.24, 2.45) is 5.73 Å². The van der Waals surface area contributed by atoms with Crippen LogP contribution in [0.4, 0.5) is 10.5 Å². The van der Waals surface area contributed by atoms with E-state index >= 15 is 0 Å². The third kappa shape index (κ3) is 4.21. The van der Waals surface area contributed by atoms with Gasteiger partial charge in [0.2, 0.25) is 0 Å². The van der Waals surface area contributed by atoms with Crippen molar-refractivity contribution in [1.29, 1.82) is 0 Å². The van der Waals surface area contributed by atoms with Gasteiger partial charge in [-0.3, -0.25) is 10.1 Å². The number of aromatic amines is 1. The zero-order valence-electron chi connectivity index (χ0n) is 12.2. The van der Waals surface area contributed by atoms with Crippen LogP contribution in [0.2, 0.25) is 5.15 Å². The second kappa shape index (κ2) is 7.12. The Morgan fingerprint density at radius 1 is 1.43 bits per heavy atom. The third-order valence-electron chi connectivity index (χ3n) is 3.01. The molecule has 0 fully saturated rings. The van der Waals surface area contributed by atoms with Gasteiger partial charge in [-0.2, -0.15) is 0 Å². The molecule has 0 aliphatic heterocycles. The number of anilines is 1. The van der Waals surface area contributed by atoms with Crippen molar-refractivity contribution in [2.45, 2.75) is 12.5 Å². The fourth-order valence-electron chi connectivity index (χ4n) is 1.90. The van der Waals surface area contributed by atoms with Gasteiger partial charge in [0.1, 0.15) is 16.7 Å². The molecule has 0 aliphatic rings. The van der Waals surface area contributed by atoms with Crippen molar-refractivity contribution < 1.29 is 19.4 Å². The molecule has 0 spiro atoms. The molecule has 23 heavy (non-hydrogen) atoms. The molecule has 1 unspecified atom stereocenters. The van der Waals surface area contributed by atoms with E-state index in [2.05, 4.69) is 20.0 Å². The quantitative estimate of drug-likeness (QED) is 0.662. The van der Waals surface area contributed by atoms with Gasteiger partial charge < -0.3 is 20.6 Å². The molecule has 8 nitrogen and oxygen atoms in total. The average Bonchev–Trinajstić information content (AvgIpc) is 2.89. The van der Waals surface area contributed by atoms with Crippen LogP contribution in [0, 0.1) is 0 Å². The first-order valence-corrected chi connectivity index (χ1v) is 6.96. The first-order chi connectivity index (χ1) is 10.9. The predicted octanol–water partition coefficient (Wildman–Crippen LogP) is 2.38. The van der Waals surface area contributed by atoms with E-state index in [1.54, 1.807) is 24.3 Å². The number of nitrogens with two attached hydrogens (primary N) is 1. The summed E-state index contributed by atoms with van der Waals surface area (Å²) in [5.74, 6) is -0.728. The number of imidazole rings is 1. The number of methoxy groups -OCH3 is 1. The molecular formula is C14H15ClN4O4. The number of amides is 1. The molecule has 2 rings (SSSR count). The van der Waals surface area contributed by atoms with E-state index in [1.165, 1.54) is 7.11 Å². The Kier molecular flexibility index (Phi) is 5.20. The summed E-state index contributed by atoms with van der Waals surface area (Å²) >= 11 is 6.10. The van der Waals surface area contributed by atoms with Gasteiger partial charge >= 0.3 is 12.1 Å². The number of H-pyrrole nitrogens is 1. The minimum absolute atomic E-state index is 0.259. The van der Waals surface area contributed by atoms with E-state index in [4.69, 9.17) is 22.4 Å². The van der Waals surface area contributed by atoms with Gasteiger partial charge in [0.05, 0.1) is 19.6 Å². The van der Waals surface area contributed by atoms with Crippen LogP contribution in [0.25, 0.3) is 11.3 Å². The Bertz CT molecular complexity index is 714. The number of aromatic nitrogens is 2. The number of nitrogens with zero attached hydrogens (tertiary/aromatic N) is 1. The number of benzene rings is 1. The van der Waals surface area contributed by atoms with Crippen molar-refractivity contribution in [1.82, 2.24) is 9.97 Å². The molecule has 1 aromatic heterocycles. The van der Waals surface area contributed by atoms with Crippen LogP contribution >= 0.6 is 11.6 Å². The number of rotatable bonds is 5. The Morgan fingerprint density at radius 3 is 2.65 bits per heavy atom. The van der Waals surface area contributed by atoms with Gasteiger partial charge in [-0.25, -0.2) is 9.78 Å². The number of carboxylic acids is 1. The summed E-state index contributed by atoms with van der Waals surface area (Å²) in [4.78, 5) is 28.9. The number of hydrogen-bond acceptors (Lipinski definition) is 5. The number of carbonyl (C=O) groups is 2.